The summed E-state index contributed by atoms with van der Waals surface area (Å²) in [5, 5.41) is 3.15. The molecule has 7 nitrogen and oxygen atoms in total. The van der Waals surface area contributed by atoms with Crippen LogP contribution in [0.1, 0.15) is 38.1 Å². The molecule has 0 saturated carbocycles. The normalized spacial score (nSPS) is 11.1. The molecule has 0 saturated heterocycles. The molecule has 0 aliphatic carbocycles. The van der Waals surface area contributed by atoms with Crippen molar-refractivity contribution in [3.63, 3.8) is 0 Å². The number of aryl methyl sites for hydroxylation is 1. The Kier molecular flexibility index (Phi) is 6.77. The minimum absolute atomic E-state index is 0.119. The Bertz CT molecular complexity index is 1220. The van der Waals surface area contributed by atoms with Crippen LogP contribution in [0.3, 0.4) is 0 Å². The third-order valence-electron chi connectivity index (χ3n) is 4.52. The van der Waals surface area contributed by atoms with E-state index < -0.39 is 21.9 Å². The largest absolute Gasteiger partial charge is 0.462 e. The topological polar surface area (TPSA) is 102 Å². The number of thiophene rings is 1. The second kappa shape index (κ2) is 9.32. The highest BCUT2D eigenvalue weighted by Gasteiger charge is 2.23. The molecule has 0 fully saturated rings. The molecular weight excluding hydrogens is 436 g/mol. The van der Waals surface area contributed by atoms with Crippen LogP contribution in [-0.4, -0.2) is 26.9 Å². The summed E-state index contributed by atoms with van der Waals surface area (Å²) in [7, 11) is -3.78. The first-order valence-corrected chi connectivity index (χ1v) is 11.8. The van der Waals surface area contributed by atoms with Crippen molar-refractivity contribution in [1.82, 2.24) is 0 Å². The van der Waals surface area contributed by atoms with Gasteiger partial charge < -0.3 is 10.1 Å². The van der Waals surface area contributed by atoms with E-state index in [1.807, 2.05) is 6.92 Å². The second-order valence-corrected chi connectivity index (χ2v) is 9.57. The van der Waals surface area contributed by atoms with Gasteiger partial charge in [-0.15, -0.1) is 11.3 Å². The minimum Gasteiger partial charge on any atom is -0.462 e. The Balaban J connectivity index is 1.83. The number of esters is 1. The maximum absolute atomic E-state index is 12.8. The summed E-state index contributed by atoms with van der Waals surface area (Å²) >= 11 is 1.29. The molecule has 0 atom stereocenters. The van der Waals surface area contributed by atoms with Crippen molar-refractivity contribution >= 4 is 43.9 Å². The number of nitrogens with one attached hydrogen (secondary N) is 2. The summed E-state index contributed by atoms with van der Waals surface area (Å²) in [6.07, 6.45) is 0. The predicted molar refractivity (Wildman–Crippen MR) is 121 cm³/mol. The highest BCUT2D eigenvalue weighted by molar-refractivity contribution is 7.92. The monoisotopic (exact) mass is 458 g/mol. The van der Waals surface area contributed by atoms with E-state index in [4.69, 9.17) is 4.74 Å². The molecule has 0 aliphatic rings. The van der Waals surface area contributed by atoms with Crippen LogP contribution in [0.15, 0.2) is 59.5 Å². The van der Waals surface area contributed by atoms with Gasteiger partial charge in [-0.05, 0) is 56.7 Å². The van der Waals surface area contributed by atoms with E-state index in [1.54, 1.807) is 50.2 Å². The van der Waals surface area contributed by atoms with Crippen LogP contribution in [0.25, 0.3) is 0 Å². The van der Waals surface area contributed by atoms with Gasteiger partial charge >= 0.3 is 5.97 Å². The number of ether oxygens (including phenoxy) is 1. The van der Waals surface area contributed by atoms with Crippen molar-refractivity contribution in [2.75, 3.05) is 16.6 Å². The Morgan fingerprint density at radius 1 is 1.03 bits per heavy atom. The van der Waals surface area contributed by atoms with Gasteiger partial charge in [0.1, 0.15) is 5.00 Å². The summed E-state index contributed by atoms with van der Waals surface area (Å²) in [6, 6.07) is 14.1. The Morgan fingerprint density at radius 2 is 1.74 bits per heavy atom. The van der Waals surface area contributed by atoms with Crippen molar-refractivity contribution in [3.8, 4) is 0 Å². The number of carbonyl (C=O) groups excluding carboxylic acids is 2. The summed E-state index contributed by atoms with van der Waals surface area (Å²) in [5.41, 5.74) is 1.58. The summed E-state index contributed by atoms with van der Waals surface area (Å²) in [6.45, 7) is 5.60. The Hall–Kier alpha value is -3.17. The first kappa shape index (κ1) is 22.5. The van der Waals surface area contributed by atoms with Gasteiger partial charge in [0.2, 0.25) is 0 Å². The zero-order valence-electron chi connectivity index (χ0n) is 17.3. The molecule has 0 radical (unpaired) electrons. The summed E-state index contributed by atoms with van der Waals surface area (Å²) in [4.78, 5) is 26.2. The molecule has 2 N–H and O–H groups in total. The van der Waals surface area contributed by atoms with E-state index in [-0.39, 0.29) is 22.8 Å². The van der Waals surface area contributed by atoms with Crippen LogP contribution in [0, 0.1) is 13.8 Å². The van der Waals surface area contributed by atoms with Gasteiger partial charge in [0.15, 0.2) is 0 Å². The lowest BCUT2D eigenvalue weighted by Gasteiger charge is -2.10. The molecule has 162 valence electrons. The minimum atomic E-state index is -3.78. The zero-order valence-corrected chi connectivity index (χ0v) is 18.9. The van der Waals surface area contributed by atoms with E-state index in [0.29, 0.717) is 10.6 Å². The molecule has 0 aliphatic heterocycles. The van der Waals surface area contributed by atoms with Crippen LogP contribution in [0.5, 0.6) is 0 Å². The standard InChI is InChI=1S/C22H22N2O5S2/c1-4-29-22(26)19-14(2)15(3)30-21(19)23-20(25)16-9-8-10-17(13-16)24-31(27,28)18-11-6-5-7-12-18/h5-13,24H,4H2,1-3H3,(H,23,25). The molecule has 0 spiro atoms. The lowest BCUT2D eigenvalue weighted by molar-refractivity contribution is 0.0527. The molecule has 3 aromatic rings. The number of rotatable bonds is 7. The maximum atomic E-state index is 12.8. The van der Waals surface area contributed by atoms with Gasteiger partial charge in [-0.25, -0.2) is 13.2 Å². The maximum Gasteiger partial charge on any atom is 0.341 e. The quantitative estimate of drug-likeness (QED) is 0.504. The van der Waals surface area contributed by atoms with Crippen molar-refractivity contribution in [2.24, 2.45) is 0 Å². The average molecular weight is 459 g/mol. The number of sulfonamides is 1. The summed E-state index contributed by atoms with van der Waals surface area (Å²) < 4.78 is 32.6. The van der Waals surface area contributed by atoms with Crippen LogP contribution in [0.2, 0.25) is 0 Å². The second-order valence-electron chi connectivity index (χ2n) is 6.66. The molecule has 0 bridgehead atoms. The molecule has 9 heteroatoms. The first-order valence-electron chi connectivity index (χ1n) is 9.49. The first-order chi connectivity index (χ1) is 14.7. The predicted octanol–water partition coefficient (Wildman–Crippen LogP) is 4.59. The molecule has 0 unspecified atom stereocenters. The molecule has 1 heterocycles. The van der Waals surface area contributed by atoms with E-state index in [2.05, 4.69) is 10.0 Å². The van der Waals surface area contributed by atoms with E-state index in [9.17, 15) is 18.0 Å². The highest BCUT2D eigenvalue weighted by Crippen LogP contribution is 2.33. The van der Waals surface area contributed by atoms with E-state index in [0.717, 1.165) is 10.4 Å². The molecule has 3 rings (SSSR count). The van der Waals surface area contributed by atoms with Gasteiger partial charge in [-0.3, -0.25) is 9.52 Å². The van der Waals surface area contributed by atoms with Gasteiger partial charge in [-0.2, -0.15) is 0 Å². The lowest BCUT2D eigenvalue weighted by atomic mass is 10.1. The van der Waals surface area contributed by atoms with Gasteiger partial charge in [-0.1, -0.05) is 24.3 Å². The fourth-order valence-electron chi connectivity index (χ4n) is 2.88. The van der Waals surface area contributed by atoms with Crippen LogP contribution >= 0.6 is 11.3 Å². The highest BCUT2D eigenvalue weighted by atomic mass is 32.2. The van der Waals surface area contributed by atoms with E-state index >= 15 is 0 Å². The van der Waals surface area contributed by atoms with Gasteiger partial charge in [0.05, 0.1) is 17.1 Å². The Morgan fingerprint density at radius 3 is 2.42 bits per heavy atom. The fraction of sp³-hybridized carbons (Fsp3) is 0.182. The van der Waals surface area contributed by atoms with Crippen molar-refractivity contribution < 1.29 is 22.7 Å². The number of hydrogen-bond acceptors (Lipinski definition) is 6. The zero-order chi connectivity index (χ0) is 22.6. The third kappa shape index (κ3) is 5.12. The number of amides is 1. The number of hydrogen-bond donors (Lipinski definition) is 2. The average Bonchev–Trinajstić information content (AvgIpc) is 3.02. The van der Waals surface area contributed by atoms with Crippen LogP contribution in [-0.2, 0) is 14.8 Å². The molecule has 31 heavy (non-hydrogen) atoms. The van der Waals surface area contributed by atoms with Crippen LogP contribution in [0.4, 0.5) is 10.7 Å². The van der Waals surface area contributed by atoms with Crippen molar-refractivity contribution in [1.29, 1.82) is 0 Å². The number of carbonyl (C=O) groups is 2. The molecule has 2 aromatic carbocycles. The van der Waals surface area contributed by atoms with Gasteiger partial charge in [0.25, 0.3) is 15.9 Å². The van der Waals surface area contributed by atoms with Gasteiger partial charge in [0, 0.05) is 16.1 Å². The fourth-order valence-corrected chi connectivity index (χ4v) is 4.99. The smallest absolute Gasteiger partial charge is 0.341 e. The molecular formula is C22H22N2O5S2. The van der Waals surface area contributed by atoms with Crippen molar-refractivity contribution in [3.05, 3.63) is 76.2 Å². The van der Waals surface area contributed by atoms with Crippen molar-refractivity contribution in [2.45, 2.75) is 25.7 Å². The Labute approximate surface area is 185 Å². The molecule has 1 aromatic heterocycles. The lowest BCUT2D eigenvalue weighted by Crippen LogP contribution is -2.16. The molecule has 1 amide bonds. The third-order valence-corrected chi connectivity index (χ3v) is 7.04. The number of anilines is 2. The summed E-state index contributed by atoms with van der Waals surface area (Å²) in [5.74, 6) is -0.962. The van der Waals surface area contributed by atoms with Crippen LogP contribution < -0.4 is 10.0 Å². The SMILES string of the molecule is CCOC(=O)c1c(NC(=O)c2cccc(NS(=O)(=O)c3ccccc3)c2)sc(C)c1C. The van der Waals surface area contributed by atoms with E-state index in [1.165, 1.54) is 29.5 Å². The number of benzene rings is 2.